The van der Waals surface area contributed by atoms with Gasteiger partial charge in [-0.25, -0.2) is 0 Å². The average molecular weight is 376 g/mol. The molecule has 2 aromatic carbocycles. The second kappa shape index (κ2) is 8.32. The van der Waals surface area contributed by atoms with E-state index in [0.717, 1.165) is 33.2 Å². The number of carbonyl (C=O) groups is 1. The molecule has 1 heterocycles. The van der Waals surface area contributed by atoms with Crippen molar-refractivity contribution in [3.63, 3.8) is 0 Å². The summed E-state index contributed by atoms with van der Waals surface area (Å²) in [5.74, 6) is 2.02. The van der Waals surface area contributed by atoms with Gasteiger partial charge in [0.25, 0.3) is 5.91 Å². The normalized spacial score (nSPS) is 12.6. The molecule has 0 atom stereocenters. The standard InChI is InChI=1S/C20H22ClNO4/c1-13-9-16(10-14(2)20(13)21)26-12-19(23)22-6-5-15-3-4-17-18(11-15)25-8-7-24-17/h3-4,9-11H,5-8,12H2,1-2H3,(H,22,23). The van der Waals surface area contributed by atoms with Crippen molar-refractivity contribution in [3.05, 3.63) is 52.0 Å². The van der Waals surface area contributed by atoms with Gasteiger partial charge in [-0.05, 0) is 61.2 Å². The van der Waals surface area contributed by atoms with E-state index >= 15 is 0 Å². The topological polar surface area (TPSA) is 56.8 Å². The molecule has 0 saturated carbocycles. The summed E-state index contributed by atoms with van der Waals surface area (Å²) in [6, 6.07) is 9.50. The minimum Gasteiger partial charge on any atom is -0.486 e. The molecule has 1 amide bonds. The van der Waals surface area contributed by atoms with Crippen molar-refractivity contribution in [2.75, 3.05) is 26.4 Å². The Hall–Kier alpha value is -2.40. The molecule has 5 nitrogen and oxygen atoms in total. The van der Waals surface area contributed by atoms with Gasteiger partial charge in [0, 0.05) is 11.6 Å². The van der Waals surface area contributed by atoms with Crippen molar-refractivity contribution in [1.82, 2.24) is 5.32 Å². The number of rotatable bonds is 6. The Kier molecular flexibility index (Phi) is 5.89. The summed E-state index contributed by atoms with van der Waals surface area (Å²) in [6.45, 7) is 5.47. The van der Waals surface area contributed by atoms with Crippen LogP contribution in [-0.4, -0.2) is 32.3 Å². The molecule has 1 N–H and O–H groups in total. The zero-order chi connectivity index (χ0) is 18.5. The van der Waals surface area contributed by atoms with E-state index in [1.165, 1.54) is 0 Å². The maximum absolute atomic E-state index is 12.0. The van der Waals surface area contributed by atoms with Gasteiger partial charge in [0.2, 0.25) is 0 Å². The number of hydrogen-bond acceptors (Lipinski definition) is 4. The second-order valence-electron chi connectivity index (χ2n) is 6.24. The predicted octanol–water partition coefficient (Wildman–Crippen LogP) is 3.47. The first kappa shape index (κ1) is 18.4. The zero-order valence-electron chi connectivity index (χ0n) is 14.9. The maximum Gasteiger partial charge on any atom is 0.257 e. The first-order valence-corrected chi connectivity index (χ1v) is 8.95. The Bertz CT molecular complexity index is 783. The first-order valence-electron chi connectivity index (χ1n) is 8.57. The summed E-state index contributed by atoms with van der Waals surface area (Å²) < 4.78 is 16.6. The number of aryl methyl sites for hydroxylation is 2. The van der Waals surface area contributed by atoms with Gasteiger partial charge >= 0.3 is 0 Å². The molecule has 2 aromatic rings. The predicted molar refractivity (Wildman–Crippen MR) is 101 cm³/mol. The van der Waals surface area contributed by atoms with Crippen molar-refractivity contribution in [2.24, 2.45) is 0 Å². The smallest absolute Gasteiger partial charge is 0.257 e. The lowest BCUT2D eigenvalue weighted by Crippen LogP contribution is -2.30. The highest BCUT2D eigenvalue weighted by molar-refractivity contribution is 6.32. The highest BCUT2D eigenvalue weighted by Crippen LogP contribution is 2.30. The molecule has 6 heteroatoms. The van der Waals surface area contributed by atoms with Gasteiger partial charge in [-0.2, -0.15) is 0 Å². The first-order chi connectivity index (χ1) is 12.5. The molecule has 0 spiro atoms. The average Bonchev–Trinajstić information content (AvgIpc) is 2.64. The summed E-state index contributed by atoms with van der Waals surface area (Å²) in [7, 11) is 0. The zero-order valence-corrected chi connectivity index (χ0v) is 15.7. The van der Waals surface area contributed by atoms with Gasteiger partial charge in [0.1, 0.15) is 19.0 Å². The van der Waals surface area contributed by atoms with E-state index in [4.69, 9.17) is 25.8 Å². The second-order valence-corrected chi connectivity index (χ2v) is 6.62. The van der Waals surface area contributed by atoms with Crippen LogP contribution in [0.3, 0.4) is 0 Å². The summed E-state index contributed by atoms with van der Waals surface area (Å²) in [6.07, 6.45) is 0.710. The van der Waals surface area contributed by atoms with Crippen molar-refractivity contribution in [2.45, 2.75) is 20.3 Å². The summed E-state index contributed by atoms with van der Waals surface area (Å²) in [5, 5.41) is 3.58. The third-order valence-corrected chi connectivity index (χ3v) is 4.72. The minimum absolute atomic E-state index is 0.0261. The Morgan fingerprint density at radius 1 is 1.12 bits per heavy atom. The molecule has 0 radical (unpaired) electrons. The molecule has 1 aliphatic rings. The fourth-order valence-electron chi connectivity index (χ4n) is 2.78. The molecule has 138 valence electrons. The number of ether oxygens (including phenoxy) is 3. The highest BCUT2D eigenvalue weighted by atomic mass is 35.5. The number of carbonyl (C=O) groups excluding carboxylic acids is 1. The van der Waals surface area contributed by atoms with E-state index in [2.05, 4.69) is 5.32 Å². The molecule has 0 bridgehead atoms. The van der Waals surface area contributed by atoms with Crippen LogP contribution >= 0.6 is 11.6 Å². The van der Waals surface area contributed by atoms with E-state index in [1.54, 1.807) is 0 Å². The van der Waals surface area contributed by atoms with Gasteiger partial charge in [-0.1, -0.05) is 17.7 Å². The van der Waals surface area contributed by atoms with Crippen LogP contribution in [0.4, 0.5) is 0 Å². The van der Waals surface area contributed by atoms with Crippen molar-refractivity contribution < 1.29 is 19.0 Å². The Labute approximate surface area is 158 Å². The molecule has 1 aliphatic heterocycles. The largest absolute Gasteiger partial charge is 0.486 e. The Morgan fingerprint density at radius 3 is 2.54 bits per heavy atom. The lowest BCUT2D eigenvalue weighted by molar-refractivity contribution is -0.123. The lowest BCUT2D eigenvalue weighted by Gasteiger charge is -2.18. The molecule has 0 fully saturated rings. The van der Waals surface area contributed by atoms with Crippen molar-refractivity contribution >= 4 is 17.5 Å². The Balaban J connectivity index is 1.44. The summed E-state index contributed by atoms with van der Waals surface area (Å²) in [4.78, 5) is 12.0. The van der Waals surface area contributed by atoms with Crippen LogP contribution in [0.1, 0.15) is 16.7 Å². The van der Waals surface area contributed by atoms with Crippen LogP contribution in [0.25, 0.3) is 0 Å². The van der Waals surface area contributed by atoms with Crippen molar-refractivity contribution in [3.8, 4) is 17.2 Å². The number of amides is 1. The third-order valence-electron chi connectivity index (χ3n) is 4.12. The fourth-order valence-corrected chi connectivity index (χ4v) is 2.89. The maximum atomic E-state index is 12.0. The summed E-state index contributed by atoms with van der Waals surface area (Å²) >= 11 is 6.13. The van der Waals surface area contributed by atoms with Crippen LogP contribution in [0, 0.1) is 13.8 Å². The quantitative estimate of drug-likeness (QED) is 0.840. The molecular weight excluding hydrogens is 354 g/mol. The number of halogens is 1. The van der Waals surface area contributed by atoms with Gasteiger partial charge in [-0.3, -0.25) is 4.79 Å². The third kappa shape index (κ3) is 4.61. The Morgan fingerprint density at radius 2 is 1.81 bits per heavy atom. The molecule has 0 unspecified atom stereocenters. The number of benzene rings is 2. The van der Waals surface area contributed by atoms with E-state index in [0.29, 0.717) is 31.9 Å². The van der Waals surface area contributed by atoms with Crippen molar-refractivity contribution in [1.29, 1.82) is 0 Å². The number of hydrogen-bond donors (Lipinski definition) is 1. The minimum atomic E-state index is -0.159. The molecular formula is C20H22ClNO4. The van der Waals surface area contributed by atoms with E-state index in [1.807, 2.05) is 44.2 Å². The van der Waals surface area contributed by atoms with Gasteiger partial charge in [0.15, 0.2) is 18.1 Å². The number of nitrogens with one attached hydrogen (secondary N) is 1. The van der Waals surface area contributed by atoms with Crippen LogP contribution in [0.2, 0.25) is 5.02 Å². The molecule has 0 saturated heterocycles. The monoisotopic (exact) mass is 375 g/mol. The van der Waals surface area contributed by atoms with Gasteiger partial charge < -0.3 is 19.5 Å². The fraction of sp³-hybridized carbons (Fsp3) is 0.350. The van der Waals surface area contributed by atoms with Crippen LogP contribution in [0.15, 0.2) is 30.3 Å². The van der Waals surface area contributed by atoms with Gasteiger partial charge in [-0.15, -0.1) is 0 Å². The van der Waals surface area contributed by atoms with Gasteiger partial charge in [0.05, 0.1) is 0 Å². The number of fused-ring (bicyclic) bond motifs is 1. The molecule has 0 aromatic heterocycles. The molecule has 26 heavy (non-hydrogen) atoms. The SMILES string of the molecule is Cc1cc(OCC(=O)NCCc2ccc3c(c2)OCCO3)cc(C)c1Cl. The lowest BCUT2D eigenvalue weighted by atomic mass is 10.1. The highest BCUT2D eigenvalue weighted by Gasteiger charge is 2.12. The van der Waals surface area contributed by atoms with E-state index < -0.39 is 0 Å². The molecule has 3 rings (SSSR count). The summed E-state index contributed by atoms with van der Waals surface area (Å²) in [5.41, 5.74) is 2.95. The van der Waals surface area contributed by atoms with Crippen LogP contribution < -0.4 is 19.5 Å². The van der Waals surface area contributed by atoms with Crippen LogP contribution in [-0.2, 0) is 11.2 Å². The van der Waals surface area contributed by atoms with E-state index in [-0.39, 0.29) is 12.5 Å². The molecule has 0 aliphatic carbocycles. The van der Waals surface area contributed by atoms with E-state index in [9.17, 15) is 4.79 Å². The van der Waals surface area contributed by atoms with Crippen LogP contribution in [0.5, 0.6) is 17.2 Å².